The minimum absolute atomic E-state index is 0.333. The Kier molecular flexibility index (Phi) is 17.3. The van der Waals surface area contributed by atoms with E-state index in [0.717, 1.165) is 12.8 Å². The van der Waals surface area contributed by atoms with E-state index in [1.807, 2.05) is 0 Å². The second-order valence-corrected chi connectivity index (χ2v) is 9.82. The smallest absolute Gasteiger partial charge is 0.153 e. The molecule has 0 fully saturated rings. The highest BCUT2D eigenvalue weighted by molar-refractivity contribution is 7.80. The van der Waals surface area contributed by atoms with Crippen LogP contribution in [0.1, 0.15) is 96.1 Å². The number of aryl methyl sites for hydroxylation is 2. The molecule has 27 heavy (non-hydrogen) atoms. The highest BCUT2D eigenvalue weighted by Crippen LogP contribution is 2.29. The lowest BCUT2D eigenvalue weighted by Gasteiger charge is -2.06. The Morgan fingerprint density at radius 2 is 1.59 bits per heavy atom. The molecule has 0 N–H and O–H groups in total. The highest BCUT2D eigenvalue weighted by atomic mass is 32.2. The predicted molar refractivity (Wildman–Crippen MR) is 132 cm³/mol. The maximum atomic E-state index is 4.40. The largest absolute Gasteiger partial charge is 0.176 e. The molecule has 1 aromatic heterocycles. The molecule has 156 valence electrons. The van der Waals surface area contributed by atoms with Crippen molar-refractivity contribution in [1.29, 1.82) is 0 Å². The van der Waals surface area contributed by atoms with Crippen LogP contribution in [0.15, 0.2) is 29.6 Å². The van der Waals surface area contributed by atoms with E-state index in [1.54, 1.807) is 10.4 Å². The fourth-order valence-corrected chi connectivity index (χ4v) is 5.71. The van der Waals surface area contributed by atoms with Gasteiger partial charge in [0.25, 0.3) is 0 Å². The number of hydrogen-bond donors (Lipinski definition) is 1. The lowest BCUT2D eigenvalue weighted by atomic mass is 10.0. The van der Waals surface area contributed by atoms with Gasteiger partial charge in [-0.2, -0.15) is 12.6 Å². The Morgan fingerprint density at radius 1 is 0.852 bits per heavy atom. The molecule has 0 spiro atoms. The Bertz CT molecular complexity index is 529. The first-order valence-electron chi connectivity index (χ1n) is 11.2. The average molecular weight is 410 g/mol. The standard InChI is InChI=1S/C17H27S.C8H18S/c1-5-13-18-14-11-9-10-12-15(6-2)16(7-3)17(18)8-4;1-3-5-6-7-8(9)4-2/h9-12,14H,5-8,13H2,1-4H3;8-9H,3-7H2,1-2H3/q+1;. The second kappa shape index (κ2) is 17.6. The van der Waals surface area contributed by atoms with E-state index in [1.165, 1.54) is 56.3 Å². The first-order chi connectivity index (χ1) is 13.1. The number of thiol groups is 1. The van der Waals surface area contributed by atoms with Crippen LogP contribution < -0.4 is 0 Å². The van der Waals surface area contributed by atoms with E-state index in [0.29, 0.717) is 15.7 Å². The molecule has 0 nitrogen and oxygen atoms in total. The molecule has 0 amide bonds. The summed E-state index contributed by atoms with van der Waals surface area (Å²) in [5, 5.41) is 3.07. The molecule has 1 aromatic rings. The topological polar surface area (TPSA) is 0 Å². The molecular formula is C25H45S2+. The van der Waals surface area contributed by atoms with E-state index < -0.39 is 0 Å². The van der Waals surface area contributed by atoms with Crippen LogP contribution in [0.4, 0.5) is 0 Å². The maximum Gasteiger partial charge on any atom is 0.153 e. The minimum Gasteiger partial charge on any atom is -0.176 e. The van der Waals surface area contributed by atoms with Crippen molar-refractivity contribution >= 4 is 23.1 Å². The van der Waals surface area contributed by atoms with Crippen molar-refractivity contribution in [3.63, 3.8) is 0 Å². The molecule has 2 heteroatoms. The van der Waals surface area contributed by atoms with Crippen LogP contribution in [0.25, 0.3) is 0 Å². The van der Waals surface area contributed by atoms with Gasteiger partial charge in [0.1, 0.15) is 11.1 Å². The Labute approximate surface area is 178 Å². The van der Waals surface area contributed by atoms with Gasteiger partial charge in [-0.15, -0.1) is 0 Å². The van der Waals surface area contributed by atoms with E-state index in [4.69, 9.17) is 0 Å². The minimum atomic E-state index is 0.333. The van der Waals surface area contributed by atoms with Gasteiger partial charge in [-0.1, -0.05) is 79.0 Å². The summed E-state index contributed by atoms with van der Waals surface area (Å²) >= 11 is 4.40. The first-order valence-corrected chi connectivity index (χ1v) is 13.2. The van der Waals surface area contributed by atoms with Crippen molar-refractivity contribution in [1.82, 2.24) is 0 Å². The summed E-state index contributed by atoms with van der Waals surface area (Å²) in [6.45, 7) is 13.6. The summed E-state index contributed by atoms with van der Waals surface area (Å²) in [4.78, 5) is 1.69. The normalized spacial score (nSPS) is 12.0. The number of hydrogen-bond acceptors (Lipinski definition) is 1. The molecule has 2 atom stereocenters. The molecule has 0 saturated heterocycles. The van der Waals surface area contributed by atoms with Crippen LogP contribution in [-0.4, -0.2) is 5.25 Å². The predicted octanol–water partition coefficient (Wildman–Crippen LogP) is 8.93. The summed E-state index contributed by atoms with van der Waals surface area (Å²) in [5.74, 6) is 1.30. The Hall–Kier alpha value is -0.470. The van der Waals surface area contributed by atoms with Crippen molar-refractivity contribution in [2.75, 3.05) is 0 Å². The van der Waals surface area contributed by atoms with Gasteiger partial charge in [-0.25, -0.2) is 0 Å². The molecule has 1 rings (SSSR count). The zero-order chi connectivity index (χ0) is 20.5. The van der Waals surface area contributed by atoms with Gasteiger partial charge >= 0.3 is 0 Å². The van der Waals surface area contributed by atoms with Gasteiger partial charge in [0.15, 0.2) is 4.88 Å². The van der Waals surface area contributed by atoms with Crippen molar-refractivity contribution in [2.24, 2.45) is 0 Å². The fourth-order valence-electron chi connectivity index (χ4n) is 3.30. The van der Waals surface area contributed by atoms with Crippen molar-refractivity contribution in [3.05, 3.63) is 45.6 Å². The van der Waals surface area contributed by atoms with Gasteiger partial charge in [-0.05, 0) is 54.2 Å². The molecule has 0 aliphatic carbocycles. The van der Waals surface area contributed by atoms with Crippen LogP contribution in [0.2, 0.25) is 0 Å². The van der Waals surface area contributed by atoms with Gasteiger partial charge in [-0.3, -0.25) is 0 Å². The van der Waals surface area contributed by atoms with Crippen LogP contribution >= 0.6 is 23.1 Å². The van der Waals surface area contributed by atoms with Crippen molar-refractivity contribution in [2.45, 2.75) is 110 Å². The van der Waals surface area contributed by atoms with E-state index in [-0.39, 0.29) is 0 Å². The number of rotatable bonds is 10. The summed E-state index contributed by atoms with van der Waals surface area (Å²) < 4.78 is 0. The summed E-state index contributed by atoms with van der Waals surface area (Å²) in [7, 11) is 0.333. The Balaban J connectivity index is 0.000000636. The van der Waals surface area contributed by atoms with Crippen LogP contribution in [0, 0.1) is 0 Å². The van der Waals surface area contributed by atoms with Gasteiger partial charge in [0.05, 0.1) is 0 Å². The first kappa shape index (κ1) is 26.5. The Morgan fingerprint density at radius 3 is 2.11 bits per heavy atom. The van der Waals surface area contributed by atoms with E-state index in [2.05, 4.69) is 83.8 Å². The lowest BCUT2D eigenvalue weighted by Crippen LogP contribution is -1.95. The molecular weight excluding hydrogens is 364 g/mol. The third-order valence-corrected chi connectivity index (χ3v) is 8.02. The highest BCUT2D eigenvalue weighted by Gasteiger charge is 2.13. The molecule has 0 radical (unpaired) electrons. The zero-order valence-electron chi connectivity index (χ0n) is 18.9. The quantitative estimate of drug-likeness (QED) is 0.222. The zero-order valence-corrected chi connectivity index (χ0v) is 20.6. The van der Waals surface area contributed by atoms with Gasteiger partial charge in [0, 0.05) is 17.2 Å². The third-order valence-electron chi connectivity index (χ3n) is 4.89. The molecule has 0 bridgehead atoms. The fraction of sp³-hybridized carbons (Fsp3) is 0.680. The summed E-state index contributed by atoms with van der Waals surface area (Å²) in [5.41, 5.74) is 3.15. The molecule has 0 aliphatic heterocycles. The van der Waals surface area contributed by atoms with Crippen molar-refractivity contribution in [3.8, 4) is 0 Å². The van der Waals surface area contributed by atoms with E-state index in [9.17, 15) is 0 Å². The molecule has 0 aliphatic rings. The SMILES string of the molecule is CCCCCC(S)CC.CCC[s+]1cccccc(CC)c(CC)c1CC. The summed E-state index contributed by atoms with van der Waals surface area (Å²) in [6.07, 6.45) is 11.3. The monoisotopic (exact) mass is 409 g/mol. The van der Waals surface area contributed by atoms with Gasteiger partial charge < -0.3 is 0 Å². The van der Waals surface area contributed by atoms with Crippen LogP contribution in [-0.2, 0) is 25.0 Å². The second-order valence-electron chi connectivity index (χ2n) is 7.06. The van der Waals surface area contributed by atoms with Crippen LogP contribution in [0.5, 0.6) is 0 Å². The van der Waals surface area contributed by atoms with Gasteiger partial charge in [0.2, 0.25) is 0 Å². The third kappa shape index (κ3) is 11.2. The molecule has 2 unspecified atom stereocenters. The summed E-state index contributed by atoms with van der Waals surface area (Å²) in [6, 6.07) is 8.91. The molecule has 0 aromatic carbocycles. The van der Waals surface area contributed by atoms with E-state index >= 15 is 0 Å². The van der Waals surface area contributed by atoms with Crippen molar-refractivity contribution < 1.29 is 0 Å². The number of unbranched alkanes of at least 4 members (excludes halogenated alkanes) is 2. The average Bonchev–Trinajstić information content (AvgIpc) is 2.77. The lowest BCUT2D eigenvalue weighted by molar-refractivity contribution is 0.638. The van der Waals surface area contributed by atoms with Crippen LogP contribution in [0.3, 0.4) is 0 Å². The molecule has 1 heterocycles. The maximum absolute atomic E-state index is 4.40. The molecule has 0 saturated carbocycles.